The van der Waals surface area contributed by atoms with Crippen LogP contribution < -0.4 is 15.8 Å². The van der Waals surface area contributed by atoms with Gasteiger partial charge in [0, 0.05) is 19.2 Å². The molecule has 1 aromatic carbocycles. The Bertz CT molecular complexity index is 787. The van der Waals surface area contributed by atoms with Crippen LogP contribution in [-0.4, -0.2) is 42.2 Å². The third-order valence-corrected chi connectivity index (χ3v) is 3.59. The highest BCUT2D eigenvalue weighted by atomic mass is 19.1. The number of anilines is 2. The van der Waals surface area contributed by atoms with Crippen molar-refractivity contribution in [1.29, 1.82) is 0 Å². The van der Waals surface area contributed by atoms with Crippen molar-refractivity contribution in [2.24, 2.45) is 0 Å². The molecule has 0 bridgehead atoms. The lowest BCUT2D eigenvalue weighted by Gasteiger charge is -2.27. The Labute approximate surface area is 137 Å². The van der Waals surface area contributed by atoms with Crippen LogP contribution in [0.3, 0.4) is 0 Å². The zero-order valence-corrected chi connectivity index (χ0v) is 12.9. The zero-order valence-electron chi connectivity index (χ0n) is 12.9. The number of amides is 1. The number of nitrogens with zero attached hydrogens (tertiary/aromatic N) is 2. The molecule has 0 spiro atoms. The highest BCUT2D eigenvalue weighted by Crippen LogP contribution is 2.13. The maximum atomic E-state index is 13.6. The highest BCUT2D eigenvalue weighted by Gasteiger charge is 2.15. The minimum Gasteiger partial charge on any atom is -0.378 e. The van der Waals surface area contributed by atoms with E-state index in [0.29, 0.717) is 32.1 Å². The number of aromatic nitrogens is 2. The number of carbonyl (C=O) groups excluding carboxylic acids is 1. The van der Waals surface area contributed by atoms with Crippen molar-refractivity contribution < 1.29 is 13.9 Å². The molecule has 0 atom stereocenters. The van der Waals surface area contributed by atoms with Crippen molar-refractivity contribution in [2.45, 2.75) is 6.42 Å². The number of para-hydroxylation sites is 1. The first-order valence-electron chi connectivity index (χ1n) is 7.59. The molecule has 0 unspecified atom stereocenters. The van der Waals surface area contributed by atoms with Crippen LogP contribution >= 0.6 is 0 Å². The van der Waals surface area contributed by atoms with Crippen LogP contribution in [0.2, 0.25) is 0 Å². The van der Waals surface area contributed by atoms with Gasteiger partial charge in [-0.1, -0.05) is 12.1 Å². The van der Waals surface area contributed by atoms with E-state index in [1.54, 1.807) is 6.07 Å². The molecule has 24 heavy (non-hydrogen) atoms. The normalized spacial score (nSPS) is 14.5. The highest BCUT2D eigenvalue weighted by molar-refractivity contribution is 5.91. The van der Waals surface area contributed by atoms with Crippen LogP contribution in [0.15, 0.2) is 35.1 Å². The SMILES string of the molecule is O=C(Cc1nc(N2CCOCC2)cc(=O)[nH]1)Nc1ccccc1F. The van der Waals surface area contributed by atoms with Gasteiger partial charge in [-0.3, -0.25) is 9.59 Å². The molecule has 0 aliphatic carbocycles. The second kappa shape index (κ2) is 7.22. The number of hydrogen-bond acceptors (Lipinski definition) is 5. The van der Waals surface area contributed by atoms with E-state index in [0.717, 1.165) is 0 Å². The number of nitrogens with one attached hydrogen (secondary N) is 2. The number of morpholine rings is 1. The average molecular weight is 332 g/mol. The van der Waals surface area contributed by atoms with E-state index in [-0.39, 0.29) is 23.5 Å². The van der Waals surface area contributed by atoms with Crippen LogP contribution in [0, 0.1) is 5.82 Å². The Balaban J connectivity index is 1.72. The summed E-state index contributed by atoms with van der Waals surface area (Å²) in [5.41, 5.74) is -0.241. The standard InChI is InChI=1S/C16H17FN4O3/c17-11-3-1-2-4-12(11)18-15(22)9-13-19-14(10-16(23)20-13)21-5-7-24-8-6-21/h1-4,10H,5-9H2,(H,18,22)(H,19,20,23). The molecular formula is C16H17FN4O3. The Kier molecular flexibility index (Phi) is 4.85. The predicted molar refractivity (Wildman–Crippen MR) is 86.6 cm³/mol. The number of rotatable bonds is 4. The molecule has 1 saturated heterocycles. The molecule has 2 heterocycles. The van der Waals surface area contributed by atoms with E-state index in [1.807, 2.05) is 4.90 Å². The fourth-order valence-electron chi connectivity index (χ4n) is 2.44. The summed E-state index contributed by atoms with van der Waals surface area (Å²) in [5.74, 6) is -0.231. The first-order chi connectivity index (χ1) is 11.6. The third kappa shape index (κ3) is 3.96. The fraction of sp³-hybridized carbons (Fsp3) is 0.312. The van der Waals surface area contributed by atoms with Gasteiger partial charge in [-0.15, -0.1) is 0 Å². The van der Waals surface area contributed by atoms with Crippen LogP contribution in [0.5, 0.6) is 0 Å². The second-order valence-electron chi connectivity index (χ2n) is 5.35. The Morgan fingerprint density at radius 1 is 1.33 bits per heavy atom. The maximum absolute atomic E-state index is 13.6. The van der Waals surface area contributed by atoms with Gasteiger partial charge in [0.1, 0.15) is 17.5 Å². The van der Waals surface area contributed by atoms with E-state index in [1.165, 1.54) is 24.3 Å². The second-order valence-corrected chi connectivity index (χ2v) is 5.35. The predicted octanol–water partition coefficient (Wildman–Crippen LogP) is 0.927. The lowest BCUT2D eigenvalue weighted by Crippen LogP contribution is -2.37. The van der Waals surface area contributed by atoms with Crippen molar-refractivity contribution in [1.82, 2.24) is 9.97 Å². The Morgan fingerprint density at radius 3 is 2.83 bits per heavy atom. The summed E-state index contributed by atoms with van der Waals surface area (Å²) in [5, 5.41) is 2.47. The number of hydrogen-bond donors (Lipinski definition) is 2. The molecular weight excluding hydrogens is 315 g/mol. The van der Waals surface area contributed by atoms with E-state index in [2.05, 4.69) is 15.3 Å². The monoisotopic (exact) mass is 332 g/mol. The molecule has 1 aromatic heterocycles. The molecule has 0 saturated carbocycles. The number of benzene rings is 1. The number of halogens is 1. The van der Waals surface area contributed by atoms with Gasteiger partial charge in [0.05, 0.1) is 25.3 Å². The van der Waals surface area contributed by atoms with Crippen LogP contribution in [0.4, 0.5) is 15.9 Å². The minimum atomic E-state index is -0.519. The smallest absolute Gasteiger partial charge is 0.252 e. The summed E-state index contributed by atoms with van der Waals surface area (Å²) in [6, 6.07) is 7.28. The van der Waals surface area contributed by atoms with Crippen molar-refractivity contribution in [3.63, 3.8) is 0 Å². The molecule has 126 valence electrons. The van der Waals surface area contributed by atoms with Crippen LogP contribution in [-0.2, 0) is 16.0 Å². The van der Waals surface area contributed by atoms with Gasteiger partial charge in [-0.25, -0.2) is 9.37 Å². The van der Waals surface area contributed by atoms with E-state index in [4.69, 9.17) is 4.74 Å². The fourth-order valence-corrected chi connectivity index (χ4v) is 2.44. The molecule has 1 aliphatic heterocycles. The van der Waals surface area contributed by atoms with Gasteiger partial charge >= 0.3 is 0 Å². The first kappa shape index (κ1) is 16.1. The molecule has 1 fully saturated rings. The van der Waals surface area contributed by atoms with Gasteiger partial charge < -0.3 is 19.9 Å². The number of carbonyl (C=O) groups is 1. The van der Waals surface area contributed by atoms with Gasteiger partial charge in [0.15, 0.2) is 0 Å². The molecule has 2 N–H and O–H groups in total. The summed E-state index contributed by atoms with van der Waals surface area (Å²) < 4.78 is 18.8. The van der Waals surface area contributed by atoms with Gasteiger partial charge in [-0.2, -0.15) is 0 Å². The molecule has 8 heteroatoms. The topological polar surface area (TPSA) is 87.3 Å². The van der Waals surface area contributed by atoms with Crippen molar-refractivity contribution in [2.75, 3.05) is 36.5 Å². The molecule has 1 amide bonds. The van der Waals surface area contributed by atoms with E-state index in [9.17, 15) is 14.0 Å². The molecule has 0 radical (unpaired) electrons. The minimum absolute atomic E-state index is 0.0918. The summed E-state index contributed by atoms with van der Waals surface area (Å²) in [7, 11) is 0. The number of H-pyrrole nitrogens is 1. The molecule has 3 rings (SSSR count). The largest absolute Gasteiger partial charge is 0.378 e. The van der Waals surface area contributed by atoms with Crippen molar-refractivity contribution >= 4 is 17.4 Å². The molecule has 1 aliphatic rings. The first-order valence-corrected chi connectivity index (χ1v) is 7.59. The van der Waals surface area contributed by atoms with E-state index < -0.39 is 11.7 Å². The third-order valence-electron chi connectivity index (χ3n) is 3.59. The number of aromatic amines is 1. The van der Waals surface area contributed by atoms with E-state index >= 15 is 0 Å². The van der Waals surface area contributed by atoms with Crippen LogP contribution in [0.25, 0.3) is 0 Å². The molecule has 7 nitrogen and oxygen atoms in total. The zero-order chi connectivity index (χ0) is 16.9. The lowest BCUT2D eigenvalue weighted by atomic mass is 10.3. The van der Waals surface area contributed by atoms with Crippen LogP contribution in [0.1, 0.15) is 5.82 Å². The van der Waals surface area contributed by atoms with Gasteiger partial charge in [-0.05, 0) is 12.1 Å². The lowest BCUT2D eigenvalue weighted by molar-refractivity contribution is -0.115. The van der Waals surface area contributed by atoms with Gasteiger partial charge in [0.2, 0.25) is 5.91 Å². The summed E-state index contributed by atoms with van der Waals surface area (Å²) in [6.45, 7) is 2.41. The summed E-state index contributed by atoms with van der Waals surface area (Å²) in [6.07, 6.45) is -0.151. The van der Waals surface area contributed by atoms with Gasteiger partial charge in [0.25, 0.3) is 5.56 Å². The molecule has 2 aromatic rings. The quantitative estimate of drug-likeness (QED) is 0.870. The Hall–Kier alpha value is -2.74. The summed E-state index contributed by atoms with van der Waals surface area (Å²) in [4.78, 5) is 32.7. The maximum Gasteiger partial charge on any atom is 0.252 e. The number of ether oxygens (including phenoxy) is 1. The summed E-state index contributed by atoms with van der Waals surface area (Å²) >= 11 is 0. The Morgan fingerprint density at radius 2 is 2.08 bits per heavy atom. The van der Waals surface area contributed by atoms with Crippen molar-refractivity contribution in [3.8, 4) is 0 Å². The van der Waals surface area contributed by atoms with Crippen molar-refractivity contribution in [3.05, 3.63) is 52.3 Å². The average Bonchev–Trinajstić information content (AvgIpc) is 2.57.